The molecular formula is C12H20N4O3. The van der Waals surface area contributed by atoms with Crippen molar-refractivity contribution in [2.45, 2.75) is 44.9 Å². The second-order valence-electron chi connectivity index (χ2n) is 4.84. The summed E-state index contributed by atoms with van der Waals surface area (Å²) in [5, 5.41) is 3.10. The van der Waals surface area contributed by atoms with Gasteiger partial charge >= 0.3 is 5.69 Å². The van der Waals surface area contributed by atoms with Crippen LogP contribution in [-0.4, -0.2) is 28.8 Å². The molecule has 106 valence electrons. The van der Waals surface area contributed by atoms with Gasteiger partial charge in [-0.15, -0.1) is 0 Å². The third kappa shape index (κ3) is 2.65. The molecule has 0 unspecified atom stereocenters. The molecule has 1 fully saturated rings. The molecular weight excluding hydrogens is 248 g/mol. The average molecular weight is 268 g/mol. The fourth-order valence-corrected chi connectivity index (χ4v) is 2.25. The molecule has 0 amide bonds. The quantitative estimate of drug-likeness (QED) is 0.704. The lowest BCUT2D eigenvalue weighted by atomic mass is 9.89. The number of hydrogen-bond donors (Lipinski definition) is 3. The summed E-state index contributed by atoms with van der Waals surface area (Å²) in [5.74, 6) is 0.205. The lowest BCUT2D eigenvalue weighted by Crippen LogP contribution is -2.43. The summed E-state index contributed by atoms with van der Waals surface area (Å²) in [7, 11) is 1.67. The summed E-state index contributed by atoms with van der Waals surface area (Å²) in [6.45, 7) is 2.43. The molecule has 0 radical (unpaired) electrons. The third-order valence-corrected chi connectivity index (χ3v) is 3.46. The van der Waals surface area contributed by atoms with E-state index in [9.17, 15) is 9.59 Å². The Bertz CT molecular complexity index is 557. The van der Waals surface area contributed by atoms with Crippen LogP contribution in [0.4, 0.5) is 11.5 Å². The largest absolute Gasteiger partial charge is 0.383 e. The van der Waals surface area contributed by atoms with Crippen LogP contribution < -0.4 is 22.3 Å². The smallest absolute Gasteiger partial charge is 0.330 e. The highest BCUT2D eigenvalue weighted by atomic mass is 16.5. The number of anilines is 2. The Morgan fingerprint density at radius 3 is 2.74 bits per heavy atom. The molecule has 7 heteroatoms. The van der Waals surface area contributed by atoms with Gasteiger partial charge in [-0.05, 0) is 19.3 Å². The van der Waals surface area contributed by atoms with Gasteiger partial charge in [-0.3, -0.25) is 14.3 Å². The number of aromatic nitrogens is 2. The van der Waals surface area contributed by atoms with E-state index in [4.69, 9.17) is 10.5 Å². The van der Waals surface area contributed by atoms with E-state index in [2.05, 4.69) is 10.3 Å². The predicted molar refractivity (Wildman–Crippen MR) is 73.5 cm³/mol. The van der Waals surface area contributed by atoms with Crippen molar-refractivity contribution in [3.63, 3.8) is 0 Å². The van der Waals surface area contributed by atoms with Crippen LogP contribution in [0.15, 0.2) is 9.59 Å². The first-order chi connectivity index (χ1) is 9.06. The fourth-order valence-electron chi connectivity index (χ4n) is 2.25. The maximum absolute atomic E-state index is 11.8. The van der Waals surface area contributed by atoms with E-state index in [1.165, 1.54) is 4.57 Å². The second kappa shape index (κ2) is 5.48. The van der Waals surface area contributed by atoms with E-state index in [0.717, 1.165) is 19.3 Å². The van der Waals surface area contributed by atoms with Crippen LogP contribution in [0.1, 0.15) is 26.2 Å². The highest BCUT2D eigenvalue weighted by Gasteiger charge is 2.30. The number of rotatable bonds is 5. The summed E-state index contributed by atoms with van der Waals surface area (Å²) in [4.78, 5) is 25.7. The minimum atomic E-state index is -0.462. The van der Waals surface area contributed by atoms with Crippen molar-refractivity contribution in [2.75, 3.05) is 18.2 Å². The van der Waals surface area contributed by atoms with Crippen molar-refractivity contribution in [3.05, 3.63) is 20.8 Å². The highest BCUT2D eigenvalue weighted by molar-refractivity contribution is 5.61. The Morgan fingerprint density at radius 2 is 2.16 bits per heavy atom. The van der Waals surface area contributed by atoms with Crippen molar-refractivity contribution in [1.29, 1.82) is 0 Å². The number of H-pyrrole nitrogens is 1. The fraction of sp³-hybridized carbons (Fsp3) is 0.667. The Kier molecular flexibility index (Phi) is 3.94. The SMILES string of the molecule is CCCn1c(N)c(NC2CC(OC)C2)c(=O)[nH]c1=O. The van der Waals surface area contributed by atoms with Crippen LogP contribution in [0.5, 0.6) is 0 Å². The van der Waals surface area contributed by atoms with E-state index in [-0.39, 0.29) is 23.7 Å². The Balaban J connectivity index is 2.23. The number of methoxy groups -OCH3 is 1. The monoisotopic (exact) mass is 268 g/mol. The van der Waals surface area contributed by atoms with Crippen molar-refractivity contribution in [3.8, 4) is 0 Å². The maximum atomic E-state index is 11.8. The average Bonchev–Trinajstić information content (AvgIpc) is 2.32. The molecule has 1 aliphatic carbocycles. The van der Waals surface area contributed by atoms with Crippen molar-refractivity contribution in [2.24, 2.45) is 0 Å². The van der Waals surface area contributed by atoms with Gasteiger partial charge in [0.05, 0.1) is 6.10 Å². The molecule has 0 atom stereocenters. The van der Waals surface area contributed by atoms with Crippen LogP contribution >= 0.6 is 0 Å². The summed E-state index contributed by atoms with van der Waals surface area (Å²) in [6.07, 6.45) is 2.68. The molecule has 1 aromatic rings. The first-order valence-electron chi connectivity index (χ1n) is 6.48. The molecule has 4 N–H and O–H groups in total. The molecule has 1 aliphatic rings. The lowest BCUT2D eigenvalue weighted by Gasteiger charge is -2.35. The standard InChI is InChI=1S/C12H20N4O3/c1-3-4-16-10(13)9(11(17)15-12(16)18)14-7-5-8(6-7)19-2/h7-8,14H,3-6,13H2,1-2H3,(H,15,17,18). The molecule has 0 saturated heterocycles. The summed E-state index contributed by atoms with van der Waals surface area (Å²) in [5.41, 5.74) is 5.28. The van der Waals surface area contributed by atoms with Crippen LogP contribution in [-0.2, 0) is 11.3 Å². The molecule has 0 aromatic carbocycles. The van der Waals surface area contributed by atoms with Crippen LogP contribution in [0, 0.1) is 0 Å². The van der Waals surface area contributed by atoms with Gasteiger partial charge in [0.1, 0.15) is 11.5 Å². The minimum absolute atomic E-state index is 0.168. The zero-order chi connectivity index (χ0) is 14.0. The number of nitrogens with zero attached hydrogens (tertiary/aromatic N) is 1. The maximum Gasteiger partial charge on any atom is 0.330 e. The van der Waals surface area contributed by atoms with Crippen molar-refractivity contribution >= 4 is 11.5 Å². The molecule has 1 saturated carbocycles. The van der Waals surface area contributed by atoms with Crippen molar-refractivity contribution < 1.29 is 4.74 Å². The molecule has 0 spiro atoms. The van der Waals surface area contributed by atoms with E-state index >= 15 is 0 Å². The zero-order valence-corrected chi connectivity index (χ0v) is 11.2. The zero-order valence-electron chi connectivity index (χ0n) is 11.2. The molecule has 2 rings (SSSR count). The summed E-state index contributed by atoms with van der Waals surface area (Å²) < 4.78 is 6.57. The van der Waals surface area contributed by atoms with Crippen LogP contribution in [0.25, 0.3) is 0 Å². The van der Waals surface area contributed by atoms with Gasteiger partial charge < -0.3 is 15.8 Å². The van der Waals surface area contributed by atoms with Gasteiger partial charge in [-0.1, -0.05) is 6.92 Å². The topological polar surface area (TPSA) is 102 Å². The van der Waals surface area contributed by atoms with E-state index in [1.807, 2.05) is 6.92 Å². The molecule has 19 heavy (non-hydrogen) atoms. The Labute approximate surface area is 110 Å². The number of aromatic amines is 1. The Hall–Kier alpha value is -1.76. The molecule has 1 heterocycles. The first-order valence-corrected chi connectivity index (χ1v) is 6.48. The van der Waals surface area contributed by atoms with Gasteiger partial charge in [0.15, 0.2) is 0 Å². The molecule has 1 aromatic heterocycles. The van der Waals surface area contributed by atoms with Crippen LogP contribution in [0.3, 0.4) is 0 Å². The van der Waals surface area contributed by atoms with E-state index in [1.54, 1.807) is 7.11 Å². The lowest BCUT2D eigenvalue weighted by molar-refractivity contribution is 0.0328. The van der Waals surface area contributed by atoms with Gasteiger partial charge in [-0.2, -0.15) is 0 Å². The van der Waals surface area contributed by atoms with E-state index in [0.29, 0.717) is 6.54 Å². The predicted octanol–water partition coefficient (Wildman–Crippen LogP) is 0.118. The highest BCUT2D eigenvalue weighted by Crippen LogP contribution is 2.26. The summed E-state index contributed by atoms with van der Waals surface area (Å²) >= 11 is 0. The number of hydrogen-bond acceptors (Lipinski definition) is 5. The van der Waals surface area contributed by atoms with E-state index < -0.39 is 11.2 Å². The van der Waals surface area contributed by atoms with Gasteiger partial charge in [0.2, 0.25) is 0 Å². The third-order valence-electron chi connectivity index (χ3n) is 3.46. The van der Waals surface area contributed by atoms with Crippen LogP contribution in [0.2, 0.25) is 0 Å². The summed E-state index contributed by atoms with van der Waals surface area (Å²) in [6, 6.07) is 0.168. The van der Waals surface area contributed by atoms with Gasteiger partial charge in [-0.25, -0.2) is 4.79 Å². The number of nitrogens with one attached hydrogen (secondary N) is 2. The second-order valence-corrected chi connectivity index (χ2v) is 4.84. The minimum Gasteiger partial charge on any atom is -0.383 e. The molecule has 7 nitrogen and oxygen atoms in total. The number of nitrogen functional groups attached to an aromatic ring is 1. The van der Waals surface area contributed by atoms with Crippen molar-refractivity contribution in [1.82, 2.24) is 9.55 Å². The number of nitrogens with two attached hydrogens (primary N) is 1. The molecule has 0 bridgehead atoms. The van der Waals surface area contributed by atoms with Gasteiger partial charge in [0, 0.05) is 19.7 Å². The number of ether oxygens (including phenoxy) is 1. The normalized spacial score (nSPS) is 22.0. The Morgan fingerprint density at radius 1 is 1.47 bits per heavy atom. The van der Waals surface area contributed by atoms with Gasteiger partial charge in [0.25, 0.3) is 5.56 Å². The molecule has 0 aliphatic heterocycles. The first kappa shape index (κ1) is 13.7.